The molecule has 0 N–H and O–H groups in total. The largest absolute Gasteiger partial charge is 0.491 e. The number of allylic oxidation sites excluding steroid dienone is 2. The van der Waals surface area contributed by atoms with Gasteiger partial charge in [0.2, 0.25) is 0 Å². The lowest BCUT2D eigenvalue weighted by molar-refractivity contribution is 0.242. The van der Waals surface area contributed by atoms with Crippen LogP contribution in [0.1, 0.15) is 138 Å². The van der Waals surface area contributed by atoms with Crippen molar-refractivity contribution in [2.75, 3.05) is 4.90 Å². The Hall–Kier alpha value is -7.64. The Bertz CT molecular complexity index is 4380. The van der Waals surface area contributed by atoms with Gasteiger partial charge >= 0.3 is 0 Å². The highest BCUT2D eigenvalue weighted by Crippen LogP contribution is 2.56. The van der Waals surface area contributed by atoms with Gasteiger partial charge in [0.25, 0.3) is 0 Å². The van der Waals surface area contributed by atoms with E-state index in [1.54, 1.807) is 22.7 Å². The maximum Gasteiger partial charge on any atom is 0.119 e. The maximum absolute atomic E-state index is 9.47. The number of fused-ring (bicyclic) bond motifs is 6. The number of anilines is 3. The Balaban J connectivity index is 0.789. The van der Waals surface area contributed by atoms with Gasteiger partial charge in [0.15, 0.2) is 0 Å². The smallest absolute Gasteiger partial charge is 0.119 e. The summed E-state index contributed by atoms with van der Waals surface area (Å²) in [7, 11) is 0. The van der Waals surface area contributed by atoms with Crippen molar-refractivity contribution >= 4 is 97.2 Å². The van der Waals surface area contributed by atoms with Crippen LogP contribution in [0.5, 0.6) is 5.75 Å². The highest BCUT2D eigenvalue weighted by molar-refractivity contribution is 7.28. The molecule has 0 aliphatic heterocycles. The van der Waals surface area contributed by atoms with E-state index in [1.807, 2.05) is 71.3 Å². The van der Waals surface area contributed by atoms with Gasteiger partial charge in [0.1, 0.15) is 5.75 Å². The van der Waals surface area contributed by atoms with Crippen LogP contribution in [0.3, 0.4) is 0 Å². The molecule has 0 unspecified atom stereocenters. The fourth-order valence-electron chi connectivity index (χ4n) is 12.6. The van der Waals surface area contributed by atoms with Gasteiger partial charge in [-0.1, -0.05) is 91.8 Å². The number of rotatable bonds is 15. The maximum atomic E-state index is 9.47. The van der Waals surface area contributed by atoms with Gasteiger partial charge in [0.05, 0.1) is 18.2 Å². The van der Waals surface area contributed by atoms with E-state index in [0.717, 1.165) is 43.7 Å². The standard InChI is InChI=1S/C77H67N3OS6/c1-43(2)60-39-54(33-46(7)41-78)82-74(60)72-31-29-70(86-72)68-27-25-66(84-68)48-13-21-56-58-23-17-51(37-64(58)76(9,10)62(56)35-48)80(50-15-19-53(20-16-50)81-45(5)6)52-18-24-59-57-22-14-49(36-63(57)77(11,12)65(59)38-52)67-26-28-69(85-67)71-30-32-73(87-71)75-61(44(3)4)40-55(83-75)34-47(8)42-79/h13-40,43-45H,1-12H3/b46-33-,47-34-. The molecular formula is C77H67N3OS6. The van der Waals surface area contributed by atoms with E-state index >= 15 is 0 Å². The summed E-state index contributed by atoms with van der Waals surface area (Å²) in [4.78, 5) is 17.5. The summed E-state index contributed by atoms with van der Waals surface area (Å²) in [6, 6.07) is 64.4. The van der Waals surface area contributed by atoms with Crippen molar-refractivity contribution in [2.24, 2.45) is 0 Å². The van der Waals surface area contributed by atoms with E-state index in [0.29, 0.717) is 11.8 Å². The van der Waals surface area contributed by atoms with E-state index < -0.39 is 0 Å². The summed E-state index contributed by atoms with van der Waals surface area (Å²) in [5.74, 6) is 1.62. The molecule has 0 saturated carbocycles. The zero-order chi connectivity index (χ0) is 60.8. The molecule has 0 saturated heterocycles. The molecule has 4 nitrogen and oxygen atoms in total. The van der Waals surface area contributed by atoms with Crippen molar-refractivity contribution in [2.45, 2.75) is 112 Å². The average molecular weight is 1240 g/mol. The van der Waals surface area contributed by atoms with E-state index in [4.69, 9.17) is 4.74 Å². The Morgan fingerprint density at radius 2 is 0.759 bits per heavy atom. The van der Waals surface area contributed by atoms with Gasteiger partial charge in [-0.15, -0.1) is 68.0 Å². The summed E-state index contributed by atoms with van der Waals surface area (Å²) >= 11 is 11.0. The molecule has 6 heterocycles. The van der Waals surface area contributed by atoms with Crippen LogP contribution in [0.4, 0.5) is 17.1 Å². The van der Waals surface area contributed by atoms with Crippen molar-refractivity contribution in [1.82, 2.24) is 0 Å². The monoisotopic (exact) mass is 1240 g/mol. The summed E-state index contributed by atoms with van der Waals surface area (Å²) in [5, 5.41) is 18.9. The molecule has 13 rings (SSSR count). The third-order valence-corrected chi connectivity index (χ3v) is 24.5. The second-order valence-electron chi connectivity index (χ2n) is 24.9. The molecule has 2 aliphatic carbocycles. The zero-order valence-electron chi connectivity index (χ0n) is 51.1. The molecule has 0 fully saturated rings. The topological polar surface area (TPSA) is 60.1 Å². The molecule has 0 amide bonds. The van der Waals surface area contributed by atoms with Crippen molar-refractivity contribution in [3.8, 4) is 100 Å². The van der Waals surface area contributed by atoms with Crippen LogP contribution < -0.4 is 9.64 Å². The number of nitriles is 2. The Kier molecular flexibility index (Phi) is 15.3. The SMILES string of the molecule is C/C(C#N)=C/c1cc(C(C)C)c(-c2ccc(-c3ccc(-c4ccc5c(c4)C(C)(C)c4cc(N(c6ccc(OC(C)C)cc6)c6ccc7c(c6)C(C)(C)c6cc(-c8ccc(-c9ccc(-c%10sc(/C=C(/C)C#N)cc%10C(C)C)s9)s8)ccc6-7)ccc4-5)s3)s2)s1. The lowest BCUT2D eigenvalue weighted by atomic mass is 9.81. The lowest BCUT2D eigenvalue weighted by Gasteiger charge is -2.30. The molecule has 87 heavy (non-hydrogen) atoms. The summed E-state index contributed by atoms with van der Waals surface area (Å²) in [6.07, 6.45) is 4.08. The lowest BCUT2D eigenvalue weighted by Crippen LogP contribution is -2.18. The molecule has 0 radical (unpaired) electrons. The molecule has 11 aromatic rings. The van der Waals surface area contributed by atoms with Crippen molar-refractivity contribution in [3.05, 3.63) is 212 Å². The predicted octanol–water partition coefficient (Wildman–Crippen LogP) is 25.0. The second-order valence-corrected chi connectivity index (χ2v) is 31.4. The summed E-state index contributed by atoms with van der Waals surface area (Å²) < 4.78 is 6.19. The van der Waals surface area contributed by atoms with E-state index in [9.17, 15) is 10.5 Å². The fraction of sp³-hybridized carbons (Fsp3) is 0.221. The molecule has 6 aromatic heterocycles. The fourth-order valence-corrected chi connectivity index (χ4v) is 19.7. The van der Waals surface area contributed by atoms with Crippen LogP contribution in [-0.4, -0.2) is 6.10 Å². The Morgan fingerprint density at radius 3 is 1.14 bits per heavy atom. The van der Waals surface area contributed by atoms with Crippen LogP contribution in [0.25, 0.3) is 94.3 Å². The van der Waals surface area contributed by atoms with Gasteiger partial charge in [-0.2, -0.15) is 10.5 Å². The molecule has 432 valence electrons. The first kappa shape index (κ1) is 58.4. The van der Waals surface area contributed by atoms with Gasteiger partial charge < -0.3 is 9.64 Å². The van der Waals surface area contributed by atoms with Crippen LogP contribution >= 0.6 is 68.0 Å². The number of hydrogen-bond donors (Lipinski definition) is 0. The highest BCUT2D eigenvalue weighted by atomic mass is 32.1. The van der Waals surface area contributed by atoms with E-state index in [1.165, 1.54) is 116 Å². The molecule has 5 aromatic carbocycles. The van der Waals surface area contributed by atoms with Gasteiger partial charge in [-0.25, -0.2) is 0 Å². The number of benzene rings is 5. The third-order valence-electron chi connectivity index (χ3n) is 17.1. The van der Waals surface area contributed by atoms with Crippen LogP contribution in [0, 0.1) is 22.7 Å². The predicted molar refractivity (Wildman–Crippen MR) is 379 cm³/mol. The van der Waals surface area contributed by atoms with Crippen LogP contribution in [0.15, 0.2) is 169 Å². The normalized spacial score (nSPS) is 13.9. The number of hydrogen-bond acceptors (Lipinski definition) is 10. The zero-order valence-corrected chi connectivity index (χ0v) is 56.0. The van der Waals surface area contributed by atoms with E-state index in [-0.39, 0.29) is 16.9 Å². The molecule has 0 bridgehead atoms. The average Bonchev–Trinajstić information content (AvgIpc) is 1.65. The summed E-state index contributed by atoms with van der Waals surface area (Å²) in [5.41, 5.74) is 19.9. The van der Waals surface area contributed by atoms with Gasteiger partial charge in [-0.05, 0) is 240 Å². The highest BCUT2D eigenvalue weighted by Gasteiger charge is 2.39. The molecule has 10 heteroatoms. The number of nitrogens with zero attached hydrogens (tertiary/aromatic N) is 3. The minimum absolute atomic E-state index is 0.0730. The van der Waals surface area contributed by atoms with Crippen molar-refractivity contribution in [1.29, 1.82) is 10.5 Å². The van der Waals surface area contributed by atoms with Gasteiger partial charge in [0, 0.05) is 97.6 Å². The molecule has 0 spiro atoms. The molecular weight excluding hydrogens is 1180 g/mol. The summed E-state index contributed by atoms with van der Waals surface area (Å²) in [6.45, 7) is 26.5. The Morgan fingerprint density at radius 1 is 0.414 bits per heavy atom. The van der Waals surface area contributed by atoms with Gasteiger partial charge in [-0.3, -0.25) is 0 Å². The second kappa shape index (κ2) is 22.8. The molecule has 0 atom stereocenters. The first-order chi connectivity index (χ1) is 41.7. The van der Waals surface area contributed by atoms with Crippen LogP contribution in [0.2, 0.25) is 0 Å². The number of ether oxygens (including phenoxy) is 1. The van der Waals surface area contributed by atoms with Crippen molar-refractivity contribution < 1.29 is 4.74 Å². The van der Waals surface area contributed by atoms with E-state index in [2.05, 4.69) is 244 Å². The molecule has 2 aliphatic rings. The first-order valence-corrected chi connectivity index (χ1v) is 34.7. The number of thiophene rings is 6. The third kappa shape index (κ3) is 10.7. The minimum Gasteiger partial charge on any atom is -0.491 e. The quantitative estimate of drug-likeness (QED) is 0.0960. The van der Waals surface area contributed by atoms with Crippen molar-refractivity contribution in [3.63, 3.8) is 0 Å². The Labute approximate surface area is 537 Å². The minimum atomic E-state index is -0.257. The van der Waals surface area contributed by atoms with Crippen LogP contribution in [-0.2, 0) is 10.8 Å². The first-order valence-electron chi connectivity index (χ1n) is 29.8.